The molecule has 0 unspecified atom stereocenters. The average Bonchev–Trinajstić information content (AvgIpc) is 2.49. The van der Waals surface area contributed by atoms with Gasteiger partial charge in [0.1, 0.15) is 5.82 Å². The normalized spacial score (nSPS) is 16.5. The first-order chi connectivity index (χ1) is 10.1. The van der Waals surface area contributed by atoms with E-state index in [4.69, 9.17) is 0 Å². The fourth-order valence-electron chi connectivity index (χ4n) is 2.75. The molecule has 0 spiro atoms. The Labute approximate surface area is 126 Å². The van der Waals surface area contributed by atoms with Crippen LogP contribution in [0.4, 0.5) is 4.39 Å². The number of rotatable bonds is 5. The van der Waals surface area contributed by atoms with E-state index in [1.165, 1.54) is 6.07 Å². The third kappa shape index (κ3) is 4.53. The van der Waals surface area contributed by atoms with Crippen molar-refractivity contribution in [3.63, 3.8) is 0 Å². The van der Waals surface area contributed by atoms with Crippen molar-refractivity contribution in [2.24, 2.45) is 5.92 Å². The zero-order chi connectivity index (χ0) is 15.2. The second-order valence-electron chi connectivity index (χ2n) is 6.02. The zero-order valence-corrected chi connectivity index (χ0v) is 13.0. The van der Waals surface area contributed by atoms with Crippen molar-refractivity contribution < 1.29 is 9.18 Å². The van der Waals surface area contributed by atoms with Gasteiger partial charge in [-0.3, -0.25) is 9.69 Å². The number of hydrogen-bond acceptors (Lipinski definition) is 2. The van der Waals surface area contributed by atoms with Crippen LogP contribution in [-0.2, 0) is 11.2 Å². The minimum absolute atomic E-state index is 0.0811. The number of halogens is 1. The summed E-state index contributed by atoms with van der Waals surface area (Å²) in [7, 11) is 0. The van der Waals surface area contributed by atoms with Crippen molar-refractivity contribution in [2.75, 3.05) is 32.7 Å². The first kappa shape index (κ1) is 16.0. The highest BCUT2D eigenvalue weighted by Gasteiger charge is 2.22. The van der Waals surface area contributed by atoms with Crippen LogP contribution in [0.15, 0.2) is 24.3 Å². The number of piperazine rings is 1. The van der Waals surface area contributed by atoms with Gasteiger partial charge in [0.15, 0.2) is 0 Å². The molecule has 0 N–H and O–H groups in total. The van der Waals surface area contributed by atoms with Crippen molar-refractivity contribution in [3.8, 4) is 0 Å². The van der Waals surface area contributed by atoms with E-state index in [1.54, 1.807) is 6.07 Å². The summed E-state index contributed by atoms with van der Waals surface area (Å²) in [5, 5.41) is 0. The smallest absolute Gasteiger partial charge is 0.225 e. The number of carbonyl (C=O) groups excluding carboxylic acids is 1. The highest BCUT2D eigenvalue weighted by Crippen LogP contribution is 2.11. The van der Waals surface area contributed by atoms with Gasteiger partial charge in [-0.15, -0.1) is 0 Å². The standard InChI is InChI=1S/C17H25FN2O/c1-14(2)17(21)20-12-10-19(11-13-20)9-5-7-15-6-3-4-8-16(15)18/h3-4,6,8,14H,5,7,9-13H2,1-2H3. The summed E-state index contributed by atoms with van der Waals surface area (Å²) in [5.41, 5.74) is 0.797. The van der Waals surface area contributed by atoms with Gasteiger partial charge in [-0.25, -0.2) is 4.39 Å². The molecule has 0 saturated carbocycles. The van der Waals surface area contributed by atoms with Crippen LogP contribution in [0, 0.1) is 11.7 Å². The number of hydrogen-bond donors (Lipinski definition) is 0. The van der Waals surface area contributed by atoms with Crippen molar-refractivity contribution in [2.45, 2.75) is 26.7 Å². The Bertz CT molecular complexity index is 468. The van der Waals surface area contributed by atoms with Gasteiger partial charge >= 0.3 is 0 Å². The summed E-state index contributed by atoms with van der Waals surface area (Å²) < 4.78 is 13.5. The van der Waals surface area contributed by atoms with E-state index >= 15 is 0 Å². The van der Waals surface area contributed by atoms with Crippen LogP contribution < -0.4 is 0 Å². The lowest BCUT2D eigenvalue weighted by Crippen LogP contribution is -2.49. The second-order valence-corrected chi connectivity index (χ2v) is 6.02. The molecule has 21 heavy (non-hydrogen) atoms. The van der Waals surface area contributed by atoms with E-state index in [0.717, 1.165) is 51.1 Å². The Morgan fingerprint density at radius 2 is 1.86 bits per heavy atom. The van der Waals surface area contributed by atoms with Crippen molar-refractivity contribution in [1.29, 1.82) is 0 Å². The fraction of sp³-hybridized carbons (Fsp3) is 0.588. The topological polar surface area (TPSA) is 23.6 Å². The SMILES string of the molecule is CC(C)C(=O)N1CCN(CCCc2ccccc2F)CC1. The number of amides is 1. The minimum atomic E-state index is -0.107. The predicted molar refractivity (Wildman–Crippen MR) is 82.6 cm³/mol. The van der Waals surface area contributed by atoms with E-state index in [9.17, 15) is 9.18 Å². The quantitative estimate of drug-likeness (QED) is 0.833. The van der Waals surface area contributed by atoms with Crippen molar-refractivity contribution >= 4 is 5.91 Å². The maximum absolute atomic E-state index is 13.5. The van der Waals surface area contributed by atoms with Crippen LogP contribution in [0.5, 0.6) is 0 Å². The van der Waals surface area contributed by atoms with Crippen LogP contribution in [0.1, 0.15) is 25.8 Å². The lowest BCUT2D eigenvalue weighted by atomic mass is 10.1. The van der Waals surface area contributed by atoms with Crippen LogP contribution in [0.3, 0.4) is 0 Å². The lowest BCUT2D eigenvalue weighted by molar-refractivity contribution is -0.136. The maximum Gasteiger partial charge on any atom is 0.225 e. The highest BCUT2D eigenvalue weighted by molar-refractivity contribution is 5.78. The van der Waals surface area contributed by atoms with Crippen molar-refractivity contribution in [1.82, 2.24) is 9.80 Å². The summed E-state index contributed by atoms with van der Waals surface area (Å²) >= 11 is 0. The molecule has 1 amide bonds. The largest absolute Gasteiger partial charge is 0.340 e. The summed E-state index contributed by atoms with van der Waals surface area (Å²) in [4.78, 5) is 16.2. The predicted octanol–water partition coefficient (Wildman–Crippen LogP) is 2.56. The first-order valence-corrected chi connectivity index (χ1v) is 7.82. The molecule has 1 heterocycles. The van der Waals surface area contributed by atoms with Crippen molar-refractivity contribution in [3.05, 3.63) is 35.6 Å². The van der Waals surface area contributed by atoms with Gasteiger partial charge in [-0.2, -0.15) is 0 Å². The molecular weight excluding hydrogens is 267 g/mol. The number of benzene rings is 1. The Balaban J connectivity index is 1.70. The number of carbonyl (C=O) groups is 1. The lowest BCUT2D eigenvalue weighted by Gasteiger charge is -2.35. The molecule has 1 aliphatic rings. The molecule has 1 saturated heterocycles. The molecule has 2 rings (SSSR count). The van der Waals surface area contributed by atoms with Gasteiger partial charge in [0.2, 0.25) is 5.91 Å². The van der Waals surface area contributed by atoms with Gasteiger partial charge in [-0.05, 0) is 31.0 Å². The molecular formula is C17H25FN2O. The first-order valence-electron chi connectivity index (χ1n) is 7.82. The van der Waals surface area contributed by atoms with Gasteiger partial charge in [-0.1, -0.05) is 32.0 Å². The van der Waals surface area contributed by atoms with E-state index in [-0.39, 0.29) is 17.6 Å². The molecule has 0 atom stereocenters. The third-order valence-electron chi connectivity index (χ3n) is 4.06. The highest BCUT2D eigenvalue weighted by atomic mass is 19.1. The number of nitrogens with zero attached hydrogens (tertiary/aromatic N) is 2. The molecule has 1 aromatic rings. The summed E-state index contributed by atoms with van der Waals surface area (Å²) in [5.74, 6) is 0.225. The molecule has 0 aromatic heterocycles. The monoisotopic (exact) mass is 292 g/mol. The molecule has 0 aliphatic carbocycles. The van der Waals surface area contributed by atoms with Gasteiger partial charge in [0.25, 0.3) is 0 Å². The molecule has 0 bridgehead atoms. The van der Waals surface area contributed by atoms with E-state index in [2.05, 4.69) is 4.90 Å². The van der Waals surface area contributed by atoms with Crippen LogP contribution in [-0.4, -0.2) is 48.4 Å². The van der Waals surface area contributed by atoms with E-state index < -0.39 is 0 Å². The van der Waals surface area contributed by atoms with E-state index in [0.29, 0.717) is 0 Å². The summed E-state index contributed by atoms with van der Waals surface area (Å²) in [6, 6.07) is 6.98. The Morgan fingerprint density at radius 1 is 1.19 bits per heavy atom. The molecule has 3 nitrogen and oxygen atoms in total. The molecule has 0 radical (unpaired) electrons. The minimum Gasteiger partial charge on any atom is -0.340 e. The summed E-state index contributed by atoms with van der Waals surface area (Å²) in [6.45, 7) is 8.35. The second kappa shape index (κ2) is 7.55. The molecule has 1 aliphatic heterocycles. The van der Waals surface area contributed by atoms with Gasteiger partial charge in [0.05, 0.1) is 0 Å². The van der Waals surface area contributed by atoms with Crippen LogP contribution in [0.25, 0.3) is 0 Å². The Morgan fingerprint density at radius 3 is 2.48 bits per heavy atom. The third-order valence-corrected chi connectivity index (χ3v) is 4.06. The summed E-state index contributed by atoms with van der Waals surface area (Å²) in [6.07, 6.45) is 1.73. The molecule has 1 aromatic carbocycles. The van der Waals surface area contributed by atoms with Gasteiger partial charge < -0.3 is 4.90 Å². The maximum atomic E-state index is 13.5. The molecule has 116 valence electrons. The molecule has 1 fully saturated rings. The average molecular weight is 292 g/mol. The molecule has 4 heteroatoms. The Hall–Kier alpha value is -1.42. The Kier molecular flexibility index (Phi) is 5.74. The van der Waals surface area contributed by atoms with Crippen LogP contribution >= 0.6 is 0 Å². The van der Waals surface area contributed by atoms with Crippen LogP contribution in [0.2, 0.25) is 0 Å². The fourth-order valence-corrected chi connectivity index (χ4v) is 2.75. The number of aryl methyl sites for hydroxylation is 1. The zero-order valence-electron chi connectivity index (χ0n) is 13.0. The van der Waals surface area contributed by atoms with E-state index in [1.807, 2.05) is 30.9 Å². The van der Waals surface area contributed by atoms with Gasteiger partial charge in [0, 0.05) is 32.1 Å².